The van der Waals surface area contributed by atoms with Gasteiger partial charge in [0.1, 0.15) is 0 Å². The number of carbonyl (C=O) groups excluding carboxylic acids is 1. The Morgan fingerprint density at radius 3 is 2.36 bits per heavy atom. The zero-order valence-corrected chi connectivity index (χ0v) is 11.4. The number of nitrogens with one attached hydrogen (secondary N) is 1. The minimum Gasteiger partial charge on any atom is -0.321 e. The average molecular weight is 293 g/mol. The summed E-state index contributed by atoms with van der Waals surface area (Å²) in [6.45, 7) is 0. The minimum atomic E-state index is -0.434. The van der Waals surface area contributed by atoms with Crippen LogP contribution < -0.4 is 5.32 Å². The summed E-state index contributed by atoms with van der Waals surface area (Å²) >= 11 is 0. The summed E-state index contributed by atoms with van der Waals surface area (Å²) in [5.74, 6) is -0.290. The van der Waals surface area contributed by atoms with Crippen LogP contribution in [0, 0.1) is 10.1 Å². The van der Waals surface area contributed by atoms with Crippen molar-refractivity contribution in [3.05, 3.63) is 76.6 Å². The van der Waals surface area contributed by atoms with E-state index in [2.05, 4.69) is 10.3 Å². The molecule has 3 aromatic rings. The molecule has 0 saturated heterocycles. The Morgan fingerprint density at radius 2 is 1.68 bits per heavy atom. The third-order valence-electron chi connectivity index (χ3n) is 3.29. The van der Waals surface area contributed by atoms with Gasteiger partial charge in [0.25, 0.3) is 11.6 Å². The fourth-order valence-corrected chi connectivity index (χ4v) is 2.25. The summed E-state index contributed by atoms with van der Waals surface area (Å²) in [5, 5.41) is 15.0. The second-order valence-corrected chi connectivity index (χ2v) is 4.62. The number of rotatable bonds is 3. The highest BCUT2D eigenvalue weighted by Gasteiger charge is 2.15. The van der Waals surface area contributed by atoms with E-state index in [9.17, 15) is 14.9 Å². The summed E-state index contributed by atoms with van der Waals surface area (Å²) in [7, 11) is 0. The van der Waals surface area contributed by atoms with Crippen molar-refractivity contribution in [1.82, 2.24) is 4.98 Å². The van der Waals surface area contributed by atoms with E-state index in [0.717, 1.165) is 0 Å². The predicted octanol–water partition coefficient (Wildman–Crippen LogP) is 3.40. The van der Waals surface area contributed by atoms with Crippen molar-refractivity contribution in [2.75, 3.05) is 5.32 Å². The van der Waals surface area contributed by atoms with Crippen molar-refractivity contribution in [1.29, 1.82) is 0 Å². The Kier molecular flexibility index (Phi) is 3.49. The van der Waals surface area contributed by atoms with Crippen molar-refractivity contribution in [2.24, 2.45) is 0 Å². The number of amides is 1. The Labute approximate surface area is 125 Å². The van der Waals surface area contributed by atoms with Gasteiger partial charge in [0.05, 0.1) is 10.3 Å². The van der Waals surface area contributed by atoms with Gasteiger partial charge in [-0.1, -0.05) is 18.2 Å². The SMILES string of the molecule is O=C(Nc1ccc([N+](=O)[O-])c2ccccc12)c1ccncc1. The normalized spacial score (nSPS) is 10.4. The Bertz CT molecular complexity index is 863. The number of aromatic nitrogens is 1. The number of nitrogens with zero attached hydrogens (tertiary/aromatic N) is 2. The van der Waals surface area contributed by atoms with Crippen LogP contribution in [-0.4, -0.2) is 15.8 Å². The van der Waals surface area contributed by atoms with Crippen LogP contribution in [0.4, 0.5) is 11.4 Å². The molecule has 6 nitrogen and oxygen atoms in total. The zero-order valence-electron chi connectivity index (χ0n) is 11.4. The number of nitro benzene ring substituents is 1. The molecule has 0 aliphatic rings. The van der Waals surface area contributed by atoms with E-state index < -0.39 is 4.92 Å². The van der Waals surface area contributed by atoms with E-state index in [-0.39, 0.29) is 11.6 Å². The number of pyridine rings is 1. The maximum atomic E-state index is 12.2. The number of non-ortho nitro benzene ring substituents is 1. The number of anilines is 1. The third kappa shape index (κ3) is 2.49. The number of benzene rings is 2. The molecule has 1 aromatic heterocycles. The van der Waals surface area contributed by atoms with Crippen molar-refractivity contribution >= 4 is 28.1 Å². The minimum absolute atomic E-state index is 0.0116. The zero-order chi connectivity index (χ0) is 15.5. The average Bonchev–Trinajstić information content (AvgIpc) is 2.55. The van der Waals surface area contributed by atoms with E-state index in [1.165, 1.54) is 18.5 Å². The molecule has 0 saturated carbocycles. The molecule has 1 N–H and O–H groups in total. The molecule has 22 heavy (non-hydrogen) atoms. The summed E-state index contributed by atoms with van der Waals surface area (Å²) in [6, 6.07) is 13.0. The molecule has 2 aromatic carbocycles. The van der Waals surface area contributed by atoms with Crippen LogP contribution in [0.3, 0.4) is 0 Å². The highest BCUT2D eigenvalue weighted by atomic mass is 16.6. The van der Waals surface area contributed by atoms with Gasteiger partial charge in [0.15, 0.2) is 0 Å². The quantitative estimate of drug-likeness (QED) is 0.592. The third-order valence-corrected chi connectivity index (χ3v) is 3.29. The van der Waals surface area contributed by atoms with Crippen LogP contribution in [0.1, 0.15) is 10.4 Å². The van der Waals surface area contributed by atoms with Crippen molar-refractivity contribution in [3.8, 4) is 0 Å². The summed E-state index contributed by atoms with van der Waals surface area (Å²) in [5.41, 5.74) is 1.01. The first kappa shape index (κ1) is 13.7. The van der Waals surface area contributed by atoms with E-state index >= 15 is 0 Å². The van der Waals surface area contributed by atoms with Crippen LogP contribution in [-0.2, 0) is 0 Å². The lowest BCUT2D eigenvalue weighted by Gasteiger charge is -2.09. The summed E-state index contributed by atoms with van der Waals surface area (Å²) in [4.78, 5) is 26.7. The number of hydrogen-bond donors (Lipinski definition) is 1. The molecule has 0 radical (unpaired) electrons. The number of carbonyl (C=O) groups is 1. The first-order valence-electron chi connectivity index (χ1n) is 6.54. The largest absolute Gasteiger partial charge is 0.321 e. The number of nitro groups is 1. The van der Waals surface area contributed by atoms with Gasteiger partial charge in [-0.3, -0.25) is 19.9 Å². The van der Waals surface area contributed by atoms with E-state index in [0.29, 0.717) is 22.0 Å². The van der Waals surface area contributed by atoms with Crippen LogP contribution in [0.25, 0.3) is 10.8 Å². The molecular weight excluding hydrogens is 282 g/mol. The van der Waals surface area contributed by atoms with Crippen molar-refractivity contribution in [3.63, 3.8) is 0 Å². The van der Waals surface area contributed by atoms with Crippen molar-refractivity contribution < 1.29 is 9.72 Å². The highest BCUT2D eigenvalue weighted by molar-refractivity contribution is 6.10. The second-order valence-electron chi connectivity index (χ2n) is 4.62. The Hall–Kier alpha value is -3.28. The standard InChI is InChI=1S/C16H11N3O3/c20-16(11-7-9-17-10-8-11)18-14-5-6-15(19(21)22)13-4-2-1-3-12(13)14/h1-10H,(H,18,20). The molecule has 0 aliphatic heterocycles. The van der Waals surface area contributed by atoms with E-state index in [4.69, 9.17) is 0 Å². The molecule has 6 heteroatoms. The first-order valence-corrected chi connectivity index (χ1v) is 6.54. The molecule has 3 rings (SSSR count). The molecule has 1 amide bonds. The predicted molar refractivity (Wildman–Crippen MR) is 82.8 cm³/mol. The lowest BCUT2D eigenvalue weighted by Crippen LogP contribution is -2.12. The van der Waals surface area contributed by atoms with Crippen LogP contribution in [0.2, 0.25) is 0 Å². The molecular formula is C16H11N3O3. The van der Waals surface area contributed by atoms with Gasteiger partial charge in [0.2, 0.25) is 0 Å². The van der Waals surface area contributed by atoms with E-state index in [1.54, 1.807) is 42.5 Å². The molecule has 0 unspecified atom stereocenters. The molecule has 0 spiro atoms. The molecule has 0 aliphatic carbocycles. The fraction of sp³-hybridized carbons (Fsp3) is 0. The van der Waals surface area contributed by atoms with Gasteiger partial charge in [-0.2, -0.15) is 0 Å². The molecule has 1 heterocycles. The monoisotopic (exact) mass is 293 g/mol. The van der Waals surface area contributed by atoms with Gasteiger partial charge in [-0.05, 0) is 24.3 Å². The first-order chi connectivity index (χ1) is 10.7. The second kappa shape index (κ2) is 5.61. The van der Waals surface area contributed by atoms with E-state index in [1.807, 2.05) is 0 Å². The summed E-state index contributed by atoms with van der Waals surface area (Å²) in [6.07, 6.45) is 3.06. The van der Waals surface area contributed by atoms with Crippen molar-refractivity contribution in [2.45, 2.75) is 0 Å². The summed E-state index contributed by atoms with van der Waals surface area (Å²) < 4.78 is 0. The van der Waals surface area contributed by atoms with Gasteiger partial charge in [0, 0.05) is 35.1 Å². The number of hydrogen-bond acceptors (Lipinski definition) is 4. The highest BCUT2D eigenvalue weighted by Crippen LogP contribution is 2.31. The van der Waals surface area contributed by atoms with Crippen LogP contribution in [0.15, 0.2) is 60.9 Å². The van der Waals surface area contributed by atoms with Gasteiger partial charge in [-0.15, -0.1) is 0 Å². The van der Waals surface area contributed by atoms with Gasteiger partial charge >= 0.3 is 0 Å². The van der Waals surface area contributed by atoms with Crippen LogP contribution in [0.5, 0.6) is 0 Å². The van der Waals surface area contributed by atoms with Gasteiger partial charge < -0.3 is 5.32 Å². The molecule has 0 atom stereocenters. The van der Waals surface area contributed by atoms with Gasteiger partial charge in [-0.25, -0.2) is 0 Å². The molecule has 0 bridgehead atoms. The fourth-order valence-electron chi connectivity index (χ4n) is 2.25. The Morgan fingerprint density at radius 1 is 1.00 bits per heavy atom. The Balaban J connectivity index is 2.04. The lowest BCUT2D eigenvalue weighted by molar-refractivity contribution is -0.383. The molecule has 108 valence electrons. The topological polar surface area (TPSA) is 85.1 Å². The smallest absolute Gasteiger partial charge is 0.277 e. The lowest BCUT2D eigenvalue weighted by atomic mass is 10.1. The number of fused-ring (bicyclic) bond motifs is 1. The maximum absolute atomic E-state index is 12.2. The molecule has 0 fully saturated rings. The van der Waals surface area contributed by atoms with Crippen LogP contribution >= 0.6 is 0 Å². The maximum Gasteiger partial charge on any atom is 0.277 e.